The molecule has 31 heavy (non-hydrogen) atoms. The first-order valence-electron chi connectivity index (χ1n) is 11.1. The normalized spacial score (nSPS) is 20.6. The van der Waals surface area contributed by atoms with Gasteiger partial charge in [0.15, 0.2) is 0 Å². The molecule has 2 heterocycles. The van der Waals surface area contributed by atoms with E-state index in [1.54, 1.807) is 22.5 Å². The summed E-state index contributed by atoms with van der Waals surface area (Å²) >= 11 is 0. The topological polar surface area (TPSA) is 60.9 Å². The van der Waals surface area contributed by atoms with E-state index >= 15 is 0 Å². The molecule has 2 aliphatic rings. The Morgan fingerprint density at radius 3 is 2.32 bits per heavy atom. The van der Waals surface area contributed by atoms with Crippen molar-refractivity contribution in [1.29, 1.82) is 0 Å². The number of piperazine rings is 1. The number of hydrogen-bond donors (Lipinski definition) is 0. The van der Waals surface area contributed by atoms with Crippen molar-refractivity contribution in [2.24, 2.45) is 0 Å². The Bertz CT molecular complexity index is 1030. The van der Waals surface area contributed by atoms with E-state index in [9.17, 15) is 13.2 Å². The minimum atomic E-state index is -3.61. The Balaban J connectivity index is 1.51. The fraction of sp³-hybridized carbons (Fsp3) is 0.458. The van der Waals surface area contributed by atoms with Gasteiger partial charge in [-0.15, -0.1) is 0 Å². The summed E-state index contributed by atoms with van der Waals surface area (Å²) in [5, 5.41) is 0. The van der Waals surface area contributed by atoms with Gasteiger partial charge in [-0.05, 0) is 56.5 Å². The maximum Gasteiger partial charge on any atom is 0.254 e. The van der Waals surface area contributed by atoms with Crippen LogP contribution >= 0.6 is 0 Å². The standard InChI is InChI=1S/C24H31N3O3S/c1-19-11-12-22(31(29,30)27-13-7-6-8-20(27)2)18-23(19)24(28)26-16-14-25(15-17-26)21-9-4-3-5-10-21/h3-5,9-12,18,20H,6-8,13-17H2,1-2H3. The van der Waals surface area contributed by atoms with E-state index in [1.807, 2.05) is 36.9 Å². The number of sulfonamides is 1. The Morgan fingerprint density at radius 2 is 1.65 bits per heavy atom. The largest absolute Gasteiger partial charge is 0.368 e. The molecule has 2 saturated heterocycles. The lowest BCUT2D eigenvalue weighted by Crippen LogP contribution is -2.49. The number of aryl methyl sites for hydroxylation is 1. The first-order chi connectivity index (χ1) is 14.9. The van der Waals surface area contributed by atoms with Crippen molar-refractivity contribution in [2.45, 2.75) is 44.0 Å². The molecule has 4 rings (SSSR count). The van der Waals surface area contributed by atoms with Crippen LogP contribution in [0.3, 0.4) is 0 Å². The van der Waals surface area contributed by atoms with Crippen LogP contribution in [0.25, 0.3) is 0 Å². The summed E-state index contributed by atoms with van der Waals surface area (Å²) in [5.41, 5.74) is 2.45. The maximum atomic E-state index is 13.3. The number of hydrogen-bond acceptors (Lipinski definition) is 4. The molecule has 0 N–H and O–H groups in total. The molecule has 0 radical (unpaired) electrons. The number of amides is 1. The summed E-state index contributed by atoms with van der Waals surface area (Å²) in [7, 11) is -3.61. The van der Waals surface area contributed by atoms with Crippen LogP contribution in [0.2, 0.25) is 0 Å². The zero-order chi connectivity index (χ0) is 22.0. The number of piperidine rings is 1. The average molecular weight is 442 g/mol. The molecule has 0 aromatic heterocycles. The van der Waals surface area contributed by atoms with E-state index in [-0.39, 0.29) is 16.8 Å². The van der Waals surface area contributed by atoms with Gasteiger partial charge < -0.3 is 9.80 Å². The fourth-order valence-corrected chi connectivity index (χ4v) is 6.26. The van der Waals surface area contributed by atoms with Gasteiger partial charge in [0.1, 0.15) is 0 Å². The molecule has 166 valence electrons. The summed E-state index contributed by atoms with van der Waals surface area (Å²) in [5.74, 6) is -0.0889. The van der Waals surface area contributed by atoms with Crippen LogP contribution in [0.15, 0.2) is 53.4 Å². The SMILES string of the molecule is Cc1ccc(S(=O)(=O)N2CCCCC2C)cc1C(=O)N1CCN(c2ccccc2)CC1. The Morgan fingerprint density at radius 1 is 0.935 bits per heavy atom. The highest BCUT2D eigenvalue weighted by Gasteiger charge is 2.32. The molecule has 2 fully saturated rings. The highest BCUT2D eigenvalue weighted by Crippen LogP contribution is 2.27. The van der Waals surface area contributed by atoms with Crippen LogP contribution in [0, 0.1) is 6.92 Å². The van der Waals surface area contributed by atoms with E-state index in [4.69, 9.17) is 0 Å². The summed E-state index contributed by atoms with van der Waals surface area (Å²) in [6, 6.07) is 15.2. The van der Waals surface area contributed by atoms with Gasteiger partial charge in [0, 0.05) is 50.0 Å². The van der Waals surface area contributed by atoms with E-state index in [2.05, 4.69) is 17.0 Å². The lowest BCUT2D eigenvalue weighted by atomic mass is 10.1. The number of rotatable bonds is 4. The van der Waals surface area contributed by atoms with Gasteiger partial charge in [-0.1, -0.05) is 30.7 Å². The first kappa shape index (κ1) is 21.8. The second kappa shape index (κ2) is 9.01. The van der Waals surface area contributed by atoms with E-state index in [0.29, 0.717) is 25.2 Å². The van der Waals surface area contributed by atoms with Gasteiger partial charge in [0.2, 0.25) is 10.0 Å². The van der Waals surface area contributed by atoms with Crippen molar-refractivity contribution < 1.29 is 13.2 Å². The predicted octanol–water partition coefficient (Wildman–Crippen LogP) is 3.52. The Kier molecular flexibility index (Phi) is 6.34. The summed E-state index contributed by atoms with van der Waals surface area (Å²) in [6.07, 6.45) is 2.81. The van der Waals surface area contributed by atoms with Crippen LogP contribution in [0.5, 0.6) is 0 Å². The van der Waals surface area contributed by atoms with Gasteiger partial charge in [0.05, 0.1) is 4.90 Å². The second-order valence-corrected chi connectivity index (χ2v) is 10.4. The summed E-state index contributed by atoms with van der Waals surface area (Å²) < 4.78 is 28.1. The van der Waals surface area contributed by atoms with Crippen LogP contribution in [-0.4, -0.2) is 62.3 Å². The first-order valence-corrected chi connectivity index (χ1v) is 12.5. The molecular weight excluding hydrogens is 410 g/mol. The van der Waals surface area contributed by atoms with Crippen molar-refractivity contribution in [1.82, 2.24) is 9.21 Å². The van der Waals surface area contributed by atoms with Crippen molar-refractivity contribution in [3.8, 4) is 0 Å². The van der Waals surface area contributed by atoms with Crippen LogP contribution in [0.4, 0.5) is 5.69 Å². The van der Waals surface area contributed by atoms with Crippen LogP contribution in [0.1, 0.15) is 42.1 Å². The number of para-hydroxylation sites is 1. The van der Waals surface area contributed by atoms with Crippen molar-refractivity contribution in [3.05, 3.63) is 59.7 Å². The van der Waals surface area contributed by atoms with E-state index < -0.39 is 10.0 Å². The van der Waals surface area contributed by atoms with Gasteiger partial charge >= 0.3 is 0 Å². The zero-order valence-electron chi connectivity index (χ0n) is 18.3. The molecule has 2 aliphatic heterocycles. The molecule has 0 saturated carbocycles. The highest BCUT2D eigenvalue weighted by molar-refractivity contribution is 7.89. The van der Waals surface area contributed by atoms with Crippen LogP contribution < -0.4 is 4.90 Å². The molecule has 1 atom stereocenters. The average Bonchev–Trinajstić information content (AvgIpc) is 2.79. The molecule has 0 bridgehead atoms. The minimum Gasteiger partial charge on any atom is -0.368 e. The van der Waals surface area contributed by atoms with E-state index in [0.717, 1.165) is 43.6 Å². The third-order valence-corrected chi connectivity index (χ3v) is 8.49. The second-order valence-electron chi connectivity index (χ2n) is 8.55. The fourth-order valence-electron chi connectivity index (χ4n) is 4.53. The van der Waals surface area contributed by atoms with Crippen LogP contribution in [-0.2, 0) is 10.0 Å². The molecule has 7 heteroatoms. The third-order valence-electron chi connectivity index (χ3n) is 6.48. The molecule has 1 amide bonds. The van der Waals surface area contributed by atoms with Crippen molar-refractivity contribution >= 4 is 21.6 Å². The lowest BCUT2D eigenvalue weighted by molar-refractivity contribution is 0.0746. The van der Waals surface area contributed by atoms with E-state index in [1.165, 1.54) is 0 Å². The van der Waals surface area contributed by atoms with Gasteiger partial charge in [-0.2, -0.15) is 4.31 Å². The van der Waals surface area contributed by atoms with Gasteiger partial charge in [-0.3, -0.25) is 4.79 Å². The zero-order valence-corrected chi connectivity index (χ0v) is 19.1. The maximum absolute atomic E-state index is 13.3. The number of benzene rings is 2. The minimum absolute atomic E-state index is 0.00901. The molecule has 6 nitrogen and oxygen atoms in total. The molecule has 0 aliphatic carbocycles. The third kappa shape index (κ3) is 4.48. The lowest BCUT2D eigenvalue weighted by Gasteiger charge is -2.36. The van der Waals surface area contributed by atoms with Gasteiger partial charge in [0.25, 0.3) is 5.91 Å². The Hall–Kier alpha value is -2.38. The predicted molar refractivity (Wildman–Crippen MR) is 123 cm³/mol. The molecular formula is C24H31N3O3S. The summed E-state index contributed by atoms with van der Waals surface area (Å²) in [6.45, 7) is 7.13. The van der Waals surface area contributed by atoms with Gasteiger partial charge in [-0.25, -0.2) is 8.42 Å². The number of carbonyl (C=O) groups excluding carboxylic acids is 1. The molecule has 1 unspecified atom stereocenters. The molecule has 2 aromatic carbocycles. The number of nitrogens with zero attached hydrogens (tertiary/aromatic N) is 3. The number of carbonyl (C=O) groups is 1. The van der Waals surface area contributed by atoms with Crippen molar-refractivity contribution in [3.63, 3.8) is 0 Å². The smallest absolute Gasteiger partial charge is 0.254 e. The number of anilines is 1. The monoisotopic (exact) mass is 441 g/mol. The highest BCUT2D eigenvalue weighted by atomic mass is 32.2. The van der Waals surface area contributed by atoms with Crippen molar-refractivity contribution in [2.75, 3.05) is 37.6 Å². The quantitative estimate of drug-likeness (QED) is 0.728. The molecule has 2 aromatic rings. The Labute approximate surface area is 185 Å². The summed E-state index contributed by atoms with van der Waals surface area (Å²) in [4.78, 5) is 17.6. The molecule has 0 spiro atoms.